The number of carbonyl (C=O) groups excluding carboxylic acids is 4. The number of benzene rings is 2. The Morgan fingerprint density at radius 1 is 1.06 bits per heavy atom. The van der Waals surface area contributed by atoms with E-state index in [0.29, 0.717) is 17.3 Å². The first kappa shape index (κ1) is 23.2. The Hall–Kier alpha value is -3.00. The molecule has 7 nitrogen and oxygen atoms in total. The Morgan fingerprint density at radius 3 is 2.45 bits per heavy atom. The van der Waals surface area contributed by atoms with E-state index in [1.165, 1.54) is 17.0 Å². The summed E-state index contributed by atoms with van der Waals surface area (Å²) in [6.07, 6.45) is 2.42. The molecular formula is C25H25BrN2O5. The molecule has 1 aliphatic heterocycles. The van der Waals surface area contributed by atoms with Crippen molar-refractivity contribution >= 4 is 51.0 Å². The lowest BCUT2D eigenvalue weighted by molar-refractivity contribution is -0.122. The van der Waals surface area contributed by atoms with Crippen LogP contribution in [0, 0.1) is 24.7 Å². The normalized spacial score (nSPS) is 22.2. The summed E-state index contributed by atoms with van der Waals surface area (Å²) >= 11 is 3.40. The van der Waals surface area contributed by atoms with Gasteiger partial charge < -0.3 is 10.1 Å². The van der Waals surface area contributed by atoms with Gasteiger partial charge in [-0.1, -0.05) is 22.9 Å². The van der Waals surface area contributed by atoms with Crippen molar-refractivity contribution in [3.05, 3.63) is 58.1 Å². The first-order valence-electron chi connectivity index (χ1n) is 11.0. The molecule has 2 aliphatic rings. The molecule has 2 aromatic rings. The number of nitrogens with one attached hydrogen (secondary N) is 1. The van der Waals surface area contributed by atoms with Gasteiger partial charge in [0, 0.05) is 10.2 Å². The fraction of sp³-hybridized carbons (Fsp3) is 0.360. The summed E-state index contributed by atoms with van der Waals surface area (Å²) < 4.78 is 6.04. The van der Waals surface area contributed by atoms with Crippen molar-refractivity contribution < 1.29 is 23.9 Å². The smallest absolute Gasteiger partial charge is 0.338 e. The Bertz CT molecular complexity index is 1110. The zero-order valence-corrected chi connectivity index (χ0v) is 20.1. The van der Waals surface area contributed by atoms with Crippen LogP contribution in [-0.4, -0.2) is 30.3 Å². The van der Waals surface area contributed by atoms with Gasteiger partial charge in [-0.25, -0.2) is 4.79 Å². The first-order valence-corrected chi connectivity index (χ1v) is 11.7. The summed E-state index contributed by atoms with van der Waals surface area (Å²) in [7, 11) is 0. The molecule has 0 unspecified atom stereocenters. The average molecular weight is 513 g/mol. The van der Waals surface area contributed by atoms with Gasteiger partial charge in [0.15, 0.2) is 6.61 Å². The van der Waals surface area contributed by atoms with Crippen molar-refractivity contribution in [3.63, 3.8) is 0 Å². The molecule has 3 amide bonds. The SMILES string of the molecule is Cc1cc(NC(=O)COC(=O)c2ccc(N3C(=O)[C@@H]4CC[C@H](C)C[C@H]4C3=O)cc2)ccc1Br. The molecule has 2 fully saturated rings. The van der Waals surface area contributed by atoms with Gasteiger partial charge in [-0.05, 0) is 80.1 Å². The minimum atomic E-state index is -0.662. The highest BCUT2D eigenvalue weighted by Gasteiger charge is 2.49. The van der Waals surface area contributed by atoms with E-state index < -0.39 is 18.5 Å². The van der Waals surface area contributed by atoms with Crippen LogP contribution in [0.5, 0.6) is 0 Å². The highest BCUT2D eigenvalue weighted by atomic mass is 79.9. The summed E-state index contributed by atoms with van der Waals surface area (Å²) in [6.45, 7) is 3.58. The molecule has 0 spiro atoms. The maximum atomic E-state index is 12.8. The molecule has 3 atom stereocenters. The topological polar surface area (TPSA) is 92.8 Å². The van der Waals surface area contributed by atoms with Crippen molar-refractivity contribution in [1.29, 1.82) is 0 Å². The number of halogens is 1. The van der Waals surface area contributed by atoms with E-state index in [9.17, 15) is 19.2 Å². The quantitative estimate of drug-likeness (QED) is 0.470. The second-order valence-corrected chi connectivity index (χ2v) is 9.63. The Kier molecular flexibility index (Phi) is 6.65. The summed E-state index contributed by atoms with van der Waals surface area (Å²) in [5.74, 6) is -1.49. The molecule has 1 N–H and O–H groups in total. The van der Waals surface area contributed by atoms with Crippen molar-refractivity contribution in [3.8, 4) is 0 Å². The minimum absolute atomic E-state index is 0.160. The van der Waals surface area contributed by atoms with Crippen LogP contribution in [0.2, 0.25) is 0 Å². The van der Waals surface area contributed by atoms with Gasteiger partial charge in [0.25, 0.3) is 5.91 Å². The molecule has 0 bridgehead atoms. The lowest BCUT2D eigenvalue weighted by atomic mass is 9.76. The number of hydrogen-bond donors (Lipinski definition) is 1. The van der Waals surface area contributed by atoms with Crippen LogP contribution < -0.4 is 10.2 Å². The molecule has 0 radical (unpaired) electrons. The molecule has 0 aromatic heterocycles. The third kappa shape index (κ3) is 4.85. The van der Waals surface area contributed by atoms with Crippen molar-refractivity contribution in [2.24, 2.45) is 17.8 Å². The number of rotatable bonds is 5. The number of aryl methyl sites for hydroxylation is 1. The lowest BCUT2D eigenvalue weighted by Crippen LogP contribution is -2.30. The van der Waals surface area contributed by atoms with Crippen molar-refractivity contribution in [2.75, 3.05) is 16.8 Å². The molecule has 8 heteroatoms. The second kappa shape index (κ2) is 9.47. The van der Waals surface area contributed by atoms with Crippen LogP contribution in [0.25, 0.3) is 0 Å². The Morgan fingerprint density at radius 2 is 1.76 bits per heavy atom. The van der Waals surface area contributed by atoms with E-state index in [-0.39, 0.29) is 29.2 Å². The number of nitrogens with zero attached hydrogens (tertiary/aromatic N) is 1. The van der Waals surface area contributed by atoms with E-state index in [0.717, 1.165) is 29.3 Å². The third-order valence-electron chi connectivity index (χ3n) is 6.32. The van der Waals surface area contributed by atoms with Crippen LogP contribution in [0.4, 0.5) is 11.4 Å². The van der Waals surface area contributed by atoms with E-state index in [2.05, 4.69) is 28.2 Å². The summed E-state index contributed by atoms with van der Waals surface area (Å²) in [5.41, 5.74) is 2.26. The molecule has 172 valence electrons. The monoisotopic (exact) mass is 512 g/mol. The van der Waals surface area contributed by atoms with Crippen LogP contribution in [-0.2, 0) is 19.1 Å². The maximum absolute atomic E-state index is 12.8. The van der Waals surface area contributed by atoms with Gasteiger partial charge in [-0.3, -0.25) is 19.3 Å². The van der Waals surface area contributed by atoms with Crippen molar-refractivity contribution in [2.45, 2.75) is 33.1 Å². The van der Waals surface area contributed by atoms with Gasteiger partial charge in [0.05, 0.1) is 23.1 Å². The van der Waals surface area contributed by atoms with Crippen molar-refractivity contribution in [1.82, 2.24) is 0 Å². The van der Waals surface area contributed by atoms with Crippen LogP contribution >= 0.6 is 15.9 Å². The van der Waals surface area contributed by atoms with E-state index in [4.69, 9.17) is 4.74 Å². The van der Waals surface area contributed by atoms with Crippen LogP contribution in [0.15, 0.2) is 46.9 Å². The predicted molar refractivity (Wildman–Crippen MR) is 127 cm³/mol. The highest BCUT2D eigenvalue weighted by molar-refractivity contribution is 9.10. The largest absolute Gasteiger partial charge is 0.452 e. The number of carbonyl (C=O) groups is 4. The minimum Gasteiger partial charge on any atom is -0.452 e. The van der Waals surface area contributed by atoms with E-state index in [1.54, 1.807) is 24.3 Å². The summed E-state index contributed by atoms with van der Waals surface area (Å²) in [5, 5.41) is 2.68. The predicted octanol–water partition coefficient (Wildman–Crippen LogP) is 4.48. The Labute approximate surface area is 200 Å². The number of imide groups is 1. The summed E-state index contributed by atoms with van der Waals surface area (Å²) in [6, 6.07) is 11.5. The van der Waals surface area contributed by atoms with Crippen LogP contribution in [0.3, 0.4) is 0 Å². The molecular weight excluding hydrogens is 488 g/mol. The number of ether oxygens (including phenoxy) is 1. The number of anilines is 2. The maximum Gasteiger partial charge on any atom is 0.338 e. The summed E-state index contributed by atoms with van der Waals surface area (Å²) in [4.78, 5) is 51.4. The molecule has 2 aromatic carbocycles. The Balaban J connectivity index is 1.35. The molecule has 1 saturated carbocycles. The zero-order chi connectivity index (χ0) is 23.7. The fourth-order valence-electron chi connectivity index (χ4n) is 4.52. The van der Waals surface area contributed by atoms with E-state index >= 15 is 0 Å². The lowest BCUT2D eigenvalue weighted by Gasteiger charge is -2.25. The average Bonchev–Trinajstić information content (AvgIpc) is 3.04. The molecule has 4 rings (SSSR count). The number of fused-ring (bicyclic) bond motifs is 1. The zero-order valence-electron chi connectivity index (χ0n) is 18.5. The number of amides is 3. The molecule has 1 aliphatic carbocycles. The van der Waals surface area contributed by atoms with E-state index in [1.807, 2.05) is 13.0 Å². The van der Waals surface area contributed by atoms with Gasteiger partial charge in [0.1, 0.15) is 0 Å². The molecule has 1 saturated heterocycles. The van der Waals surface area contributed by atoms with Gasteiger partial charge >= 0.3 is 5.97 Å². The highest BCUT2D eigenvalue weighted by Crippen LogP contribution is 2.42. The third-order valence-corrected chi connectivity index (χ3v) is 7.21. The fourth-order valence-corrected chi connectivity index (χ4v) is 4.77. The first-order chi connectivity index (χ1) is 15.7. The number of hydrogen-bond acceptors (Lipinski definition) is 5. The standard InChI is InChI=1S/C25H25BrN2O5/c1-14-3-9-19-20(11-14)24(31)28(23(19)30)18-7-4-16(5-8-18)25(32)33-13-22(29)27-17-6-10-21(26)15(2)12-17/h4-8,10,12,14,19-20H,3,9,11,13H2,1-2H3,(H,27,29)/t14-,19+,20+/m0/s1. The van der Waals surface area contributed by atoms with Gasteiger partial charge in [-0.2, -0.15) is 0 Å². The molecule has 33 heavy (non-hydrogen) atoms. The van der Waals surface area contributed by atoms with Crippen LogP contribution in [0.1, 0.15) is 42.1 Å². The second-order valence-electron chi connectivity index (χ2n) is 8.78. The van der Waals surface area contributed by atoms with Gasteiger partial charge in [0.2, 0.25) is 11.8 Å². The van der Waals surface area contributed by atoms with Gasteiger partial charge in [-0.15, -0.1) is 0 Å². The molecule has 1 heterocycles. The number of esters is 1.